The molecule has 0 aromatic carbocycles. The van der Waals surface area contributed by atoms with Crippen LogP contribution in [0.25, 0.3) is 0 Å². The van der Waals surface area contributed by atoms with Gasteiger partial charge in [-0.05, 0) is 0 Å². The van der Waals surface area contributed by atoms with Gasteiger partial charge < -0.3 is 5.48 Å². The van der Waals surface area contributed by atoms with Crippen LogP contribution in [0, 0.1) is 0 Å². The lowest BCUT2D eigenvalue weighted by atomic mass is 10.6. The molecule has 0 heterocycles. The van der Waals surface area contributed by atoms with Gasteiger partial charge in [-0.1, -0.05) is 98.6 Å². The van der Waals surface area contributed by atoms with Gasteiger partial charge in [-0.25, -0.2) is 0 Å². The number of hydrogen-bond donors (Lipinski definition) is 0. The average Bonchev–Trinajstić information content (AvgIpc) is 2.12. The Hall–Kier alpha value is 1.36. The fourth-order valence-electron chi connectivity index (χ4n) is 0.444. The summed E-state index contributed by atoms with van der Waals surface area (Å²) in [5.41, 5.74) is 0. The smallest absolute Gasteiger partial charge is 0.00945 e. The molecule has 17 heavy (non-hydrogen) atoms. The molecule has 0 amide bonds. The lowest BCUT2D eigenvalue weighted by Crippen LogP contribution is -1.86. The second kappa shape index (κ2) is 15.4. The Labute approximate surface area is 125 Å². The Morgan fingerprint density at radius 1 is 0.412 bits per heavy atom. The van der Waals surface area contributed by atoms with E-state index < -0.39 is 0 Å². The highest BCUT2D eigenvalue weighted by atomic mass is 33.1. The van der Waals surface area contributed by atoms with Crippen molar-refractivity contribution in [1.29, 1.82) is 0 Å². The summed E-state index contributed by atoms with van der Waals surface area (Å²) in [7, 11) is 7.82. The van der Waals surface area contributed by atoms with Gasteiger partial charge in [0.15, 0.2) is 0 Å². The minimum absolute atomic E-state index is 0. The summed E-state index contributed by atoms with van der Waals surface area (Å²) in [6.07, 6.45) is 0. The van der Waals surface area contributed by atoms with E-state index in [2.05, 4.69) is 55.4 Å². The van der Waals surface area contributed by atoms with Crippen molar-refractivity contribution in [2.45, 2.75) is 76.4 Å². The molecule has 0 aliphatic carbocycles. The van der Waals surface area contributed by atoms with E-state index in [1.54, 1.807) is 0 Å². The van der Waals surface area contributed by atoms with E-state index >= 15 is 0 Å². The molecule has 0 aliphatic heterocycles. The Morgan fingerprint density at radius 2 is 0.529 bits per heavy atom. The monoisotopic (exact) mass is 318 g/mol. The molecule has 0 unspecified atom stereocenters. The van der Waals surface area contributed by atoms with Crippen LogP contribution < -0.4 is 0 Å². The fraction of sp³-hybridized carbons (Fsp3) is 1.00. The van der Waals surface area contributed by atoms with E-state index in [0.717, 1.165) is 21.0 Å². The Kier molecular flexibility index (Phi) is 21.3. The molecule has 0 bridgehead atoms. The van der Waals surface area contributed by atoms with E-state index in [9.17, 15) is 0 Å². The maximum absolute atomic E-state index is 2.22. The molecule has 0 saturated heterocycles. The van der Waals surface area contributed by atoms with Crippen molar-refractivity contribution in [3.8, 4) is 0 Å². The minimum atomic E-state index is 0. The van der Waals surface area contributed by atoms with Gasteiger partial charge in [-0.2, -0.15) is 0 Å². The molecule has 0 aromatic rings. The fourth-order valence-corrected chi connectivity index (χ4v) is 4.00. The molecule has 0 rings (SSSR count). The SMILES string of the molecule is CC(C)SSC(C)C.CC(C)SSC(C)C.O. The summed E-state index contributed by atoms with van der Waals surface area (Å²) in [5.74, 6) is 0. The Bertz CT molecular complexity index is 106. The quantitative estimate of drug-likeness (QED) is 0.601. The third kappa shape index (κ3) is 31.7. The molecule has 5 heteroatoms. The van der Waals surface area contributed by atoms with Gasteiger partial charge in [0, 0.05) is 21.0 Å². The molecular formula is C12H30OS4. The van der Waals surface area contributed by atoms with Crippen LogP contribution in [0.5, 0.6) is 0 Å². The van der Waals surface area contributed by atoms with Gasteiger partial charge >= 0.3 is 0 Å². The van der Waals surface area contributed by atoms with E-state index in [0.29, 0.717) is 0 Å². The zero-order valence-corrected chi connectivity index (χ0v) is 15.7. The maximum atomic E-state index is 2.22. The van der Waals surface area contributed by atoms with Crippen LogP contribution >= 0.6 is 43.2 Å². The second-order valence-corrected chi connectivity index (χ2v) is 11.4. The largest absolute Gasteiger partial charge is 0.412 e. The molecular weight excluding hydrogens is 288 g/mol. The molecule has 0 spiro atoms. The van der Waals surface area contributed by atoms with Gasteiger partial charge in [0.05, 0.1) is 0 Å². The van der Waals surface area contributed by atoms with Crippen LogP contribution in [0.3, 0.4) is 0 Å². The lowest BCUT2D eigenvalue weighted by molar-refractivity contribution is 0.824. The first-order valence-electron chi connectivity index (χ1n) is 5.89. The van der Waals surface area contributed by atoms with E-state index in [1.807, 2.05) is 43.2 Å². The van der Waals surface area contributed by atoms with Crippen LogP contribution in [0.1, 0.15) is 55.4 Å². The van der Waals surface area contributed by atoms with Crippen molar-refractivity contribution in [2.75, 3.05) is 0 Å². The van der Waals surface area contributed by atoms with Gasteiger partial charge in [0.25, 0.3) is 0 Å². The van der Waals surface area contributed by atoms with E-state index in [1.165, 1.54) is 0 Å². The Morgan fingerprint density at radius 3 is 0.588 bits per heavy atom. The molecule has 2 N–H and O–H groups in total. The first kappa shape index (κ1) is 23.5. The third-order valence-electron chi connectivity index (χ3n) is 0.881. The zero-order valence-electron chi connectivity index (χ0n) is 12.4. The second-order valence-electron chi connectivity index (χ2n) is 4.58. The summed E-state index contributed by atoms with van der Waals surface area (Å²) in [5, 5.41) is 3.06. The van der Waals surface area contributed by atoms with Crippen molar-refractivity contribution < 1.29 is 5.48 Å². The molecule has 0 aliphatic rings. The number of rotatable bonds is 6. The highest BCUT2D eigenvalue weighted by Crippen LogP contribution is 2.30. The molecule has 0 aromatic heterocycles. The molecule has 1 nitrogen and oxygen atoms in total. The summed E-state index contributed by atoms with van der Waals surface area (Å²) in [6.45, 7) is 17.8. The van der Waals surface area contributed by atoms with Crippen LogP contribution in [-0.2, 0) is 0 Å². The minimum Gasteiger partial charge on any atom is -0.412 e. The molecule has 0 saturated carbocycles. The third-order valence-corrected chi connectivity index (χ3v) is 7.93. The molecule has 0 radical (unpaired) electrons. The van der Waals surface area contributed by atoms with Gasteiger partial charge in [-0.15, -0.1) is 0 Å². The molecule has 108 valence electrons. The first-order valence-corrected chi connectivity index (χ1v) is 10.4. The van der Waals surface area contributed by atoms with Crippen LogP contribution in [-0.4, -0.2) is 26.5 Å². The summed E-state index contributed by atoms with van der Waals surface area (Å²) in [4.78, 5) is 0. The number of hydrogen-bond acceptors (Lipinski definition) is 4. The lowest BCUT2D eigenvalue weighted by Gasteiger charge is -2.04. The summed E-state index contributed by atoms with van der Waals surface area (Å²) < 4.78 is 0. The first-order chi connectivity index (χ1) is 7.25. The van der Waals surface area contributed by atoms with Crippen LogP contribution in [0.2, 0.25) is 0 Å². The molecule has 0 fully saturated rings. The average molecular weight is 319 g/mol. The van der Waals surface area contributed by atoms with E-state index in [4.69, 9.17) is 0 Å². The summed E-state index contributed by atoms with van der Waals surface area (Å²) >= 11 is 0. The highest BCUT2D eigenvalue weighted by molar-refractivity contribution is 8.77. The van der Waals surface area contributed by atoms with Crippen molar-refractivity contribution in [1.82, 2.24) is 0 Å². The standard InChI is InChI=1S/2C6H14S2.H2O/c2*1-5(2)7-8-6(3)4;/h2*5-6H,1-4H3;1H2. The van der Waals surface area contributed by atoms with Crippen LogP contribution in [0.4, 0.5) is 0 Å². The van der Waals surface area contributed by atoms with Gasteiger partial charge in [-0.3, -0.25) is 0 Å². The molecule has 0 atom stereocenters. The Balaban J connectivity index is -0.000000218. The van der Waals surface area contributed by atoms with Crippen molar-refractivity contribution in [2.24, 2.45) is 0 Å². The summed E-state index contributed by atoms with van der Waals surface area (Å²) in [6, 6.07) is 0. The van der Waals surface area contributed by atoms with Crippen molar-refractivity contribution in [3.05, 3.63) is 0 Å². The van der Waals surface area contributed by atoms with Gasteiger partial charge in [0.2, 0.25) is 0 Å². The van der Waals surface area contributed by atoms with Crippen molar-refractivity contribution >= 4 is 43.2 Å². The highest BCUT2D eigenvalue weighted by Gasteiger charge is 1.97. The predicted octanol–water partition coefficient (Wildman–Crippen LogP) is 5.54. The topological polar surface area (TPSA) is 31.5 Å². The normalized spacial score (nSPS) is 10.6. The van der Waals surface area contributed by atoms with E-state index in [-0.39, 0.29) is 5.48 Å². The predicted molar refractivity (Wildman–Crippen MR) is 94.5 cm³/mol. The van der Waals surface area contributed by atoms with Crippen molar-refractivity contribution in [3.63, 3.8) is 0 Å². The van der Waals surface area contributed by atoms with Gasteiger partial charge in [0.1, 0.15) is 0 Å². The maximum Gasteiger partial charge on any atom is 0.00945 e. The van der Waals surface area contributed by atoms with Crippen LogP contribution in [0.15, 0.2) is 0 Å². The zero-order chi connectivity index (χ0) is 13.1.